The van der Waals surface area contributed by atoms with Crippen LogP contribution in [0.25, 0.3) is 22.0 Å². The lowest BCUT2D eigenvalue weighted by atomic mass is 9.86. The van der Waals surface area contributed by atoms with E-state index in [1.54, 1.807) is 10.6 Å². The Morgan fingerprint density at radius 2 is 1.60 bits per heavy atom. The van der Waals surface area contributed by atoms with Crippen molar-refractivity contribution in [1.29, 1.82) is 0 Å². The van der Waals surface area contributed by atoms with Gasteiger partial charge in [-0.05, 0) is 105 Å². The van der Waals surface area contributed by atoms with E-state index in [-0.39, 0.29) is 67.1 Å². The van der Waals surface area contributed by atoms with Crippen LogP contribution in [0.2, 0.25) is 0 Å². The second kappa shape index (κ2) is 17.4. The number of nitrogens with zero attached hydrogens (tertiary/aromatic N) is 3. The third-order valence-electron chi connectivity index (χ3n) is 14.7. The number of fused-ring (bicyclic) bond motifs is 5. The first-order valence-electron chi connectivity index (χ1n) is 23.1. The maximum atomic E-state index is 15.1. The standard InChI is InChI=1S/C47H59N5O9S/c1-2-33-27-47(33,45(57)50-62(58,59)35-20-21-35)49-42(54)39-25-34-28-52(39)44(56)37(30-14-8-9-15-30)26-41(53)61-40-18-11-17-31(40)16-7-4-10-23-51-43(55)36-22-19-32(29-12-5-3-6-13-29)24-38(36)48-46(51)60-34/h3,5-6,12-13,19,22,24,30-31,33-35,37,39-40H,2,4,7-11,14-18,20-21,23,25-28H2,1H3,(H,49,54)(H,50,57)/t31-,33-,34-,37+,39+,40-,47-/m1/s1. The van der Waals surface area contributed by atoms with Crippen molar-refractivity contribution in [1.82, 2.24) is 24.5 Å². The van der Waals surface area contributed by atoms with Gasteiger partial charge in [-0.2, -0.15) is 4.98 Å². The number of benzene rings is 2. The molecule has 0 radical (unpaired) electrons. The molecule has 332 valence electrons. The molecular weight excluding hydrogens is 811 g/mol. The molecule has 3 amide bonds. The molecule has 2 aromatic carbocycles. The monoisotopic (exact) mass is 869 g/mol. The van der Waals surface area contributed by atoms with Crippen LogP contribution in [0.5, 0.6) is 6.01 Å². The fourth-order valence-corrected chi connectivity index (χ4v) is 12.2. The first kappa shape index (κ1) is 42.5. The van der Waals surface area contributed by atoms with Crippen molar-refractivity contribution in [2.24, 2.45) is 23.7 Å². The van der Waals surface area contributed by atoms with Crippen LogP contribution in [0.1, 0.15) is 116 Å². The van der Waals surface area contributed by atoms with Gasteiger partial charge in [-0.15, -0.1) is 0 Å². The summed E-state index contributed by atoms with van der Waals surface area (Å²) < 4.78 is 42.5. The third-order valence-corrected chi connectivity index (χ3v) is 16.5. The smallest absolute Gasteiger partial charge is 0.306 e. The fourth-order valence-electron chi connectivity index (χ4n) is 10.9. The zero-order chi connectivity index (χ0) is 43.2. The molecule has 1 aromatic heterocycles. The lowest BCUT2D eigenvalue weighted by Gasteiger charge is -2.32. The number of nitrogens with one attached hydrogen (secondary N) is 2. The number of rotatable bonds is 8. The number of esters is 1. The molecule has 14 nitrogen and oxygen atoms in total. The molecule has 15 heteroatoms. The lowest BCUT2D eigenvalue weighted by Crippen LogP contribution is -2.57. The summed E-state index contributed by atoms with van der Waals surface area (Å²) in [4.78, 5) is 78.2. The number of hydrogen-bond acceptors (Lipinski definition) is 10. The Morgan fingerprint density at radius 1 is 0.855 bits per heavy atom. The van der Waals surface area contributed by atoms with Crippen LogP contribution < -0.4 is 20.3 Å². The average molecular weight is 870 g/mol. The molecule has 3 aromatic rings. The van der Waals surface area contributed by atoms with Gasteiger partial charge < -0.3 is 19.7 Å². The fraction of sp³-hybridized carbons (Fsp3) is 0.617. The minimum absolute atomic E-state index is 0.0235. The van der Waals surface area contributed by atoms with Crippen LogP contribution in [0, 0.1) is 23.7 Å². The maximum absolute atomic E-state index is 15.1. The Balaban J connectivity index is 1.07. The van der Waals surface area contributed by atoms with Gasteiger partial charge in [0.1, 0.15) is 23.8 Å². The number of ether oxygens (including phenoxy) is 2. The molecule has 1 saturated heterocycles. The quantitative estimate of drug-likeness (QED) is 0.263. The van der Waals surface area contributed by atoms with Gasteiger partial charge in [-0.25, -0.2) is 8.42 Å². The first-order valence-corrected chi connectivity index (χ1v) is 24.6. The zero-order valence-corrected chi connectivity index (χ0v) is 36.4. The molecule has 2 aliphatic heterocycles. The molecule has 0 spiro atoms. The average Bonchev–Trinajstić information content (AvgIpc) is 4.05. The van der Waals surface area contributed by atoms with Crippen LogP contribution in [0.3, 0.4) is 0 Å². The number of carbonyl (C=O) groups excluding carboxylic acids is 4. The molecular formula is C47H59N5O9S. The van der Waals surface area contributed by atoms with E-state index in [4.69, 9.17) is 14.5 Å². The Labute approximate surface area is 362 Å². The van der Waals surface area contributed by atoms with Crippen molar-refractivity contribution >= 4 is 44.6 Å². The third kappa shape index (κ3) is 8.62. The van der Waals surface area contributed by atoms with E-state index >= 15 is 4.79 Å². The maximum Gasteiger partial charge on any atom is 0.306 e. The van der Waals surface area contributed by atoms with Crippen molar-refractivity contribution in [3.8, 4) is 17.1 Å². The van der Waals surface area contributed by atoms with Crippen molar-refractivity contribution < 1.29 is 37.1 Å². The SMILES string of the molecule is CC[C@@H]1C[C@]1(NC(=O)[C@@H]1C[C@@H]2CN1C(=O)[C@H](C1CCCC1)CC(=O)O[C@@H]1CCC[C@H]1CCCCCn1c(nc3cc(-c4ccccc4)ccc3c1=O)O2)C(=O)NS(=O)(=O)C1CC1. The molecule has 2 N–H and O–H groups in total. The summed E-state index contributed by atoms with van der Waals surface area (Å²) >= 11 is 0. The first-order chi connectivity index (χ1) is 29.9. The van der Waals surface area contributed by atoms with Crippen molar-refractivity contribution in [3.63, 3.8) is 0 Å². The highest BCUT2D eigenvalue weighted by molar-refractivity contribution is 7.91. The molecule has 5 fully saturated rings. The van der Waals surface area contributed by atoms with Crippen molar-refractivity contribution in [2.75, 3.05) is 6.54 Å². The van der Waals surface area contributed by atoms with Gasteiger partial charge in [0.15, 0.2) is 0 Å². The molecule has 3 heterocycles. The lowest BCUT2D eigenvalue weighted by molar-refractivity contribution is -0.156. The van der Waals surface area contributed by atoms with Gasteiger partial charge in [-0.1, -0.05) is 75.4 Å². The normalized spacial score (nSPS) is 29.8. The van der Waals surface area contributed by atoms with Gasteiger partial charge >= 0.3 is 5.97 Å². The minimum atomic E-state index is -3.89. The summed E-state index contributed by atoms with van der Waals surface area (Å²) in [6.45, 7) is 2.21. The van der Waals surface area contributed by atoms with Gasteiger partial charge in [0.05, 0.1) is 35.0 Å². The van der Waals surface area contributed by atoms with E-state index in [1.165, 1.54) is 4.90 Å². The van der Waals surface area contributed by atoms with E-state index in [9.17, 15) is 27.6 Å². The summed E-state index contributed by atoms with van der Waals surface area (Å²) in [5.74, 6) is -2.96. The molecule has 6 aliphatic rings. The summed E-state index contributed by atoms with van der Waals surface area (Å²) in [5.41, 5.74) is 0.635. The highest BCUT2D eigenvalue weighted by atomic mass is 32.2. The van der Waals surface area contributed by atoms with E-state index in [0.29, 0.717) is 43.1 Å². The van der Waals surface area contributed by atoms with Gasteiger partial charge in [0, 0.05) is 13.0 Å². The van der Waals surface area contributed by atoms with Crippen molar-refractivity contribution in [3.05, 3.63) is 58.9 Å². The van der Waals surface area contributed by atoms with Crippen LogP contribution >= 0.6 is 0 Å². The van der Waals surface area contributed by atoms with Crippen LogP contribution in [-0.2, 0) is 40.5 Å². The molecule has 7 atom stereocenters. The Bertz CT molecular complexity index is 2380. The van der Waals surface area contributed by atoms with Crippen LogP contribution in [0.4, 0.5) is 0 Å². The van der Waals surface area contributed by atoms with E-state index in [1.807, 2.05) is 49.4 Å². The molecule has 9 rings (SSSR count). The van der Waals surface area contributed by atoms with E-state index < -0.39 is 56.7 Å². The number of sulfonamides is 1. The molecule has 4 saturated carbocycles. The number of carbonyl (C=O) groups is 4. The Hall–Kier alpha value is -4.79. The topological polar surface area (TPSA) is 183 Å². The van der Waals surface area contributed by atoms with Gasteiger partial charge in [0.2, 0.25) is 21.8 Å². The molecule has 0 unspecified atom stereocenters. The minimum Gasteiger partial charge on any atom is -0.462 e. The van der Waals surface area contributed by atoms with Crippen LogP contribution in [-0.4, -0.2) is 82.1 Å². The number of aromatic nitrogens is 2. The molecule has 2 bridgehead atoms. The van der Waals surface area contributed by atoms with Gasteiger partial charge in [0.25, 0.3) is 17.5 Å². The van der Waals surface area contributed by atoms with Crippen molar-refractivity contribution in [2.45, 2.75) is 152 Å². The summed E-state index contributed by atoms with van der Waals surface area (Å²) in [7, 11) is -3.89. The highest BCUT2D eigenvalue weighted by Crippen LogP contribution is 2.47. The van der Waals surface area contributed by atoms with E-state index in [2.05, 4.69) is 10.0 Å². The summed E-state index contributed by atoms with van der Waals surface area (Å²) in [5, 5.41) is 2.77. The second-order valence-electron chi connectivity index (χ2n) is 18.8. The largest absolute Gasteiger partial charge is 0.462 e. The second-order valence-corrected chi connectivity index (χ2v) is 20.8. The summed E-state index contributed by atoms with van der Waals surface area (Å²) in [6.07, 6.45) is 10.2. The predicted octanol–water partition coefficient (Wildman–Crippen LogP) is 5.79. The van der Waals surface area contributed by atoms with E-state index in [0.717, 1.165) is 75.3 Å². The summed E-state index contributed by atoms with van der Waals surface area (Å²) in [6, 6.07) is 14.4. The number of hydrogen-bond donors (Lipinski definition) is 2. The Kier molecular flexibility index (Phi) is 11.9. The zero-order valence-electron chi connectivity index (χ0n) is 35.6. The predicted molar refractivity (Wildman–Crippen MR) is 231 cm³/mol. The Morgan fingerprint density at radius 3 is 2.34 bits per heavy atom. The van der Waals surface area contributed by atoms with Crippen LogP contribution in [0.15, 0.2) is 53.3 Å². The number of amides is 3. The highest BCUT2D eigenvalue weighted by Gasteiger charge is 2.62. The van der Waals surface area contributed by atoms with Gasteiger partial charge in [-0.3, -0.25) is 33.3 Å². The molecule has 62 heavy (non-hydrogen) atoms. The molecule has 4 aliphatic carbocycles.